The number of allylic oxidation sites excluding steroid dienone is 1. The van der Waals surface area contributed by atoms with Gasteiger partial charge in [-0.2, -0.15) is 0 Å². The standard InChI is InChI=1S/C19H34O6/c1-6-11-16(14-25-15(5)22-7-2)12-10-13-17(18(20)23-8-3)19(21)24-9-4/h10,12,15-17H,6-9,11,13-14H2,1-5H3. The van der Waals surface area contributed by atoms with Crippen LogP contribution >= 0.6 is 0 Å². The first-order valence-corrected chi connectivity index (χ1v) is 9.23. The molecule has 0 N–H and O–H groups in total. The first kappa shape index (κ1) is 23.6. The maximum Gasteiger partial charge on any atom is 0.320 e. The summed E-state index contributed by atoms with van der Waals surface area (Å²) in [5.41, 5.74) is 0. The predicted octanol–water partition coefficient (Wildman–Crippen LogP) is 3.49. The van der Waals surface area contributed by atoms with Gasteiger partial charge in [-0.25, -0.2) is 0 Å². The highest BCUT2D eigenvalue weighted by Crippen LogP contribution is 2.15. The molecule has 146 valence electrons. The maximum atomic E-state index is 11.9. The zero-order valence-corrected chi connectivity index (χ0v) is 16.3. The summed E-state index contributed by atoms with van der Waals surface area (Å²) >= 11 is 0. The predicted molar refractivity (Wildman–Crippen MR) is 96.0 cm³/mol. The number of hydrogen-bond donors (Lipinski definition) is 0. The zero-order valence-electron chi connectivity index (χ0n) is 16.3. The molecule has 2 atom stereocenters. The zero-order chi connectivity index (χ0) is 19.1. The van der Waals surface area contributed by atoms with Gasteiger partial charge >= 0.3 is 11.9 Å². The van der Waals surface area contributed by atoms with Crippen molar-refractivity contribution < 1.29 is 28.5 Å². The Kier molecular flexibility index (Phi) is 14.1. The fourth-order valence-corrected chi connectivity index (χ4v) is 2.33. The maximum absolute atomic E-state index is 11.9. The molecule has 6 heteroatoms. The van der Waals surface area contributed by atoms with Crippen LogP contribution in [0.4, 0.5) is 0 Å². The van der Waals surface area contributed by atoms with E-state index in [9.17, 15) is 9.59 Å². The molecule has 0 aromatic carbocycles. The van der Waals surface area contributed by atoms with E-state index in [0.29, 0.717) is 13.2 Å². The van der Waals surface area contributed by atoms with E-state index in [-0.39, 0.29) is 31.8 Å². The average Bonchev–Trinajstić information content (AvgIpc) is 2.57. The molecule has 2 unspecified atom stereocenters. The van der Waals surface area contributed by atoms with E-state index >= 15 is 0 Å². The Morgan fingerprint density at radius 2 is 1.52 bits per heavy atom. The van der Waals surface area contributed by atoms with Gasteiger partial charge in [0, 0.05) is 12.5 Å². The van der Waals surface area contributed by atoms with Gasteiger partial charge in [-0.15, -0.1) is 0 Å². The lowest BCUT2D eigenvalue weighted by atomic mass is 10.0. The Hall–Kier alpha value is -1.40. The third-order valence-corrected chi connectivity index (χ3v) is 3.53. The van der Waals surface area contributed by atoms with Crippen molar-refractivity contribution in [3.8, 4) is 0 Å². The van der Waals surface area contributed by atoms with Crippen molar-refractivity contribution in [2.24, 2.45) is 11.8 Å². The molecular formula is C19H34O6. The van der Waals surface area contributed by atoms with E-state index in [2.05, 4.69) is 6.92 Å². The highest BCUT2D eigenvalue weighted by molar-refractivity contribution is 5.95. The minimum atomic E-state index is -0.915. The molecule has 0 aromatic rings. The summed E-state index contributed by atoms with van der Waals surface area (Å²) in [4.78, 5) is 23.9. The van der Waals surface area contributed by atoms with Gasteiger partial charge in [0.1, 0.15) is 0 Å². The van der Waals surface area contributed by atoms with Crippen LogP contribution in [0.3, 0.4) is 0 Å². The van der Waals surface area contributed by atoms with Crippen molar-refractivity contribution in [2.75, 3.05) is 26.4 Å². The molecule has 0 saturated carbocycles. The van der Waals surface area contributed by atoms with Crippen molar-refractivity contribution in [2.45, 2.75) is 60.2 Å². The lowest BCUT2D eigenvalue weighted by molar-refractivity contribution is -0.161. The molecule has 0 bridgehead atoms. The van der Waals surface area contributed by atoms with Gasteiger partial charge in [-0.1, -0.05) is 25.5 Å². The molecule has 0 aliphatic rings. The number of carbonyl (C=O) groups is 2. The first-order chi connectivity index (χ1) is 12.0. The topological polar surface area (TPSA) is 71.1 Å². The molecule has 0 aliphatic heterocycles. The van der Waals surface area contributed by atoms with Crippen LogP contribution in [0, 0.1) is 11.8 Å². The summed E-state index contributed by atoms with van der Waals surface area (Å²) in [5.74, 6) is -1.79. The summed E-state index contributed by atoms with van der Waals surface area (Å²) in [6, 6.07) is 0. The minimum absolute atomic E-state index is 0.206. The molecular weight excluding hydrogens is 324 g/mol. The van der Waals surface area contributed by atoms with Crippen LogP contribution < -0.4 is 0 Å². The summed E-state index contributed by atoms with van der Waals surface area (Å²) in [5, 5.41) is 0. The third kappa shape index (κ3) is 10.9. The second-order valence-corrected chi connectivity index (χ2v) is 5.63. The van der Waals surface area contributed by atoms with Crippen LogP contribution in [-0.4, -0.2) is 44.7 Å². The van der Waals surface area contributed by atoms with Crippen LogP contribution in [0.1, 0.15) is 53.9 Å². The van der Waals surface area contributed by atoms with E-state index in [1.165, 1.54) is 0 Å². The molecule has 0 radical (unpaired) electrons. The van der Waals surface area contributed by atoms with E-state index in [1.54, 1.807) is 13.8 Å². The molecule has 0 rings (SSSR count). The largest absolute Gasteiger partial charge is 0.465 e. The minimum Gasteiger partial charge on any atom is -0.465 e. The SMILES string of the molecule is CCCC(C=CCC(C(=O)OCC)C(=O)OCC)COC(C)OCC. The van der Waals surface area contributed by atoms with Gasteiger partial charge < -0.3 is 18.9 Å². The summed E-state index contributed by atoms with van der Waals surface area (Å²) in [7, 11) is 0. The summed E-state index contributed by atoms with van der Waals surface area (Å²) in [6.45, 7) is 10.9. The fourth-order valence-electron chi connectivity index (χ4n) is 2.33. The van der Waals surface area contributed by atoms with E-state index < -0.39 is 17.9 Å². The Morgan fingerprint density at radius 1 is 0.920 bits per heavy atom. The van der Waals surface area contributed by atoms with Crippen molar-refractivity contribution in [1.29, 1.82) is 0 Å². The van der Waals surface area contributed by atoms with Crippen LogP contribution in [0.2, 0.25) is 0 Å². The molecule has 0 saturated heterocycles. The van der Waals surface area contributed by atoms with Gasteiger partial charge in [0.25, 0.3) is 0 Å². The molecule has 0 fully saturated rings. The number of rotatable bonds is 14. The second kappa shape index (κ2) is 14.9. The van der Waals surface area contributed by atoms with E-state index in [1.807, 2.05) is 26.0 Å². The second-order valence-electron chi connectivity index (χ2n) is 5.63. The molecule has 25 heavy (non-hydrogen) atoms. The summed E-state index contributed by atoms with van der Waals surface area (Å²) < 4.78 is 21.0. The molecule has 0 aromatic heterocycles. The Balaban J connectivity index is 4.70. The van der Waals surface area contributed by atoms with Gasteiger partial charge in [-0.05, 0) is 40.5 Å². The van der Waals surface area contributed by atoms with Crippen molar-refractivity contribution in [3.05, 3.63) is 12.2 Å². The molecule has 0 amide bonds. The number of hydrogen-bond acceptors (Lipinski definition) is 6. The van der Waals surface area contributed by atoms with Crippen molar-refractivity contribution >= 4 is 11.9 Å². The van der Waals surface area contributed by atoms with Crippen molar-refractivity contribution in [3.63, 3.8) is 0 Å². The molecule has 0 spiro atoms. The van der Waals surface area contributed by atoms with Gasteiger partial charge in [0.2, 0.25) is 0 Å². The fraction of sp³-hybridized carbons (Fsp3) is 0.789. The Labute approximate surface area is 151 Å². The number of carbonyl (C=O) groups excluding carboxylic acids is 2. The quantitative estimate of drug-likeness (QED) is 0.205. The average molecular weight is 358 g/mol. The normalized spacial score (nSPS) is 13.8. The van der Waals surface area contributed by atoms with Gasteiger partial charge in [0.05, 0.1) is 19.8 Å². The summed E-state index contributed by atoms with van der Waals surface area (Å²) in [6.07, 6.45) is 5.82. The van der Waals surface area contributed by atoms with E-state index in [0.717, 1.165) is 12.8 Å². The number of ether oxygens (including phenoxy) is 4. The van der Waals surface area contributed by atoms with Crippen molar-refractivity contribution in [1.82, 2.24) is 0 Å². The first-order valence-electron chi connectivity index (χ1n) is 9.23. The smallest absolute Gasteiger partial charge is 0.320 e. The van der Waals surface area contributed by atoms with Crippen LogP contribution in [0.5, 0.6) is 0 Å². The molecule has 0 heterocycles. The monoisotopic (exact) mass is 358 g/mol. The Morgan fingerprint density at radius 3 is 2.00 bits per heavy atom. The number of esters is 2. The highest BCUT2D eigenvalue weighted by atomic mass is 16.7. The van der Waals surface area contributed by atoms with Crippen LogP contribution in [0.15, 0.2) is 12.2 Å². The third-order valence-electron chi connectivity index (χ3n) is 3.53. The van der Waals surface area contributed by atoms with Gasteiger partial charge in [-0.3, -0.25) is 9.59 Å². The molecule has 0 aliphatic carbocycles. The Bertz CT molecular complexity index is 375. The molecule has 6 nitrogen and oxygen atoms in total. The van der Waals surface area contributed by atoms with E-state index in [4.69, 9.17) is 18.9 Å². The highest BCUT2D eigenvalue weighted by Gasteiger charge is 2.28. The van der Waals surface area contributed by atoms with Crippen LogP contribution in [0.25, 0.3) is 0 Å². The lowest BCUT2D eigenvalue weighted by Crippen LogP contribution is -2.27. The van der Waals surface area contributed by atoms with Gasteiger partial charge in [0.15, 0.2) is 12.2 Å². The lowest BCUT2D eigenvalue weighted by Gasteiger charge is -2.17. The van der Waals surface area contributed by atoms with Crippen LogP contribution in [-0.2, 0) is 28.5 Å².